The molecule has 1 aromatic rings. The Balaban J connectivity index is 0.00000400. The van der Waals surface area contributed by atoms with Gasteiger partial charge < -0.3 is 10.6 Å². The number of rotatable bonds is 6. The van der Waals surface area contributed by atoms with E-state index in [0.717, 1.165) is 5.69 Å². The Bertz CT molecular complexity index is 410. The zero-order valence-corrected chi connectivity index (χ0v) is 14.1. The van der Waals surface area contributed by atoms with Gasteiger partial charge in [-0.1, -0.05) is 6.07 Å². The highest BCUT2D eigenvalue weighted by atomic mass is 127. The summed E-state index contributed by atoms with van der Waals surface area (Å²) in [5.74, 6) is 0.558. The normalized spacial score (nSPS) is 11.7. The molecule has 2 N–H and O–H groups in total. The molecule has 0 bridgehead atoms. The standard InChI is InChI=1S/C13H19F3N4.HI/c1-17-12(19-9-5-3-7-13(14,15)16)20-10-11-6-2-4-8-18-11;/h2,4,6,8H,3,5,7,9-10H2,1H3,(H2,17,19,20);1H. The highest BCUT2D eigenvalue weighted by Gasteiger charge is 2.25. The van der Waals surface area contributed by atoms with E-state index in [9.17, 15) is 13.2 Å². The van der Waals surface area contributed by atoms with E-state index in [1.54, 1.807) is 13.2 Å². The predicted molar refractivity (Wildman–Crippen MR) is 87.8 cm³/mol. The van der Waals surface area contributed by atoms with E-state index in [1.807, 2.05) is 18.2 Å². The summed E-state index contributed by atoms with van der Waals surface area (Å²) < 4.78 is 35.9. The summed E-state index contributed by atoms with van der Waals surface area (Å²) in [5, 5.41) is 6.02. The highest BCUT2D eigenvalue weighted by Crippen LogP contribution is 2.21. The predicted octanol–water partition coefficient (Wildman–Crippen LogP) is 3.10. The molecule has 0 spiro atoms. The largest absolute Gasteiger partial charge is 0.389 e. The minimum Gasteiger partial charge on any atom is -0.356 e. The van der Waals surface area contributed by atoms with E-state index in [4.69, 9.17) is 0 Å². The Hall–Kier alpha value is -1.06. The minimum absolute atomic E-state index is 0. The van der Waals surface area contributed by atoms with Gasteiger partial charge in [-0.15, -0.1) is 24.0 Å². The average molecular weight is 416 g/mol. The molecule has 120 valence electrons. The molecule has 4 nitrogen and oxygen atoms in total. The SMILES string of the molecule is CN=C(NCCCCC(F)(F)F)NCc1ccccn1.I. The smallest absolute Gasteiger partial charge is 0.356 e. The van der Waals surface area contributed by atoms with E-state index >= 15 is 0 Å². The summed E-state index contributed by atoms with van der Waals surface area (Å²) in [6.07, 6.45) is -2.55. The maximum atomic E-state index is 12.0. The number of aromatic nitrogens is 1. The van der Waals surface area contributed by atoms with Crippen LogP contribution in [0, 0.1) is 0 Å². The Morgan fingerprint density at radius 3 is 2.57 bits per heavy atom. The van der Waals surface area contributed by atoms with Crippen LogP contribution in [0.2, 0.25) is 0 Å². The summed E-state index contributed by atoms with van der Waals surface area (Å²) in [6.45, 7) is 0.973. The number of guanidine groups is 1. The van der Waals surface area contributed by atoms with Crippen LogP contribution in [0.4, 0.5) is 13.2 Å². The number of hydrogen-bond acceptors (Lipinski definition) is 2. The van der Waals surface area contributed by atoms with E-state index in [2.05, 4.69) is 20.6 Å². The lowest BCUT2D eigenvalue weighted by Gasteiger charge is -2.11. The van der Waals surface area contributed by atoms with Crippen LogP contribution in [-0.4, -0.2) is 30.7 Å². The second kappa shape index (κ2) is 10.6. The fourth-order valence-electron chi connectivity index (χ4n) is 1.55. The highest BCUT2D eigenvalue weighted by molar-refractivity contribution is 14.0. The first-order valence-electron chi connectivity index (χ1n) is 6.42. The van der Waals surface area contributed by atoms with Crippen molar-refractivity contribution in [3.63, 3.8) is 0 Å². The molecule has 0 amide bonds. The molecule has 1 rings (SSSR count). The van der Waals surface area contributed by atoms with E-state index in [1.165, 1.54) is 0 Å². The molecule has 8 heteroatoms. The van der Waals surface area contributed by atoms with Crippen LogP contribution in [0.1, 0.15) is 25.0 Å². The lowest BCUT2D eigenvalue weighted by Crippen LogP contribution is -2.37. The molecular formula is C13H20F3IN4. The van der Waals surface area contributed by atoms with Crippen LogP contribution in [0.5, 0.6) is 0 Å². The van der Waals surface area contributed by atoms with Gasteiger partial charge in [-0.3, -0.25) is 9.98 Å². The van der Waals surface area contributed by atoms with Crippen LogP contribution >= 0.6 is 24.0 Å². The Morgan fingerprint density at radius 2 is 2.00 bits per heavy atom. The van der Waals surface area contributed by atoms with Crippen molar-refractivity contribution in [3.8, 4) is 0 Å². The number of pyridine rings is 1. The van der Waals surface area contributed by atoms with Crippen LogP contribution in [0.25, 0.3) is 0 Å². The number of unbranched alkanes of at least 4 members (excludes halogenated alkanes) is 1. The Labute approximate surface area is 139 Å². The van der Waals surface area contributed by atoms with Crippen molar-refractivity contribution in [2.24, 2.45) is 4.99 Å². The molecule has 0 aliphatic rings. The summed E-state index contributed by atoms with van der Waals surface area (Å²) in [4.78, 5) is 8.15. The van der Waals surface area contributed by atoms with E-state index in [0.29, 0.717) is 25.5 Å². The topological polar surface area (TPSA) is 49.3 Å². The van der Waals surface area contributed by atoms with Crippen molar-refractivity contribution in [1.82, 2.24) is 15.6 Å². The van der Waals surface area contributed by atoms with E-state index in [-0.39, 0.29) is 30.4 Å². The molecule has 0 fully saturated rings. The van der Waals surface area contributed by atoms with Crippen molar-refractivity contribution in [1.29, 1.82) is 0 Å². The van der Waals surface area contributed by atoms with Gasteiger partial charge >= 0.3 is 6.18 Å². The van der Waals surface area contributed by atoms with E-state index < -0.39 is 12.6 Å². The second-order valence-electron chi connectivity index (χ2n) is 4.25. The van der Waals surface area contributed by atoms with Gasteiger partial charge in [0.15, 0.2) is 5.96 Å². The fraction of sp³-hybridized carbons (Fsp3) is 0.538. The summed E-state index contributed by atoms with van der Waals surface area (Å²) in [7, 11) is 1.61. The lowest BCUT2D eigenvalue weighted by molar-refractivity contribution is -0.135. The minimum atomic E-state index is -4.07. The molecule has 0 radical (unpaired) electrons. The maximum Gasteiger partial charge on any atom is 0.389 e. The average Bonchev–Trinajstić information content (AvgIpc) is 2.42. The van der Waals surface area contributed by atoms with Crippen LogP contribution in [0.15, 0.2) is 29.4 Å². The van der Waals surface area contributed by atoms with Gasteiger partial charge in [-0.2, -0.15) is 13.2 Å². The van der Waals surface area contributed by atoms with Gasteiger partial charge in [0.05, 0.1) is 12.2 Å². The monoisotopic (exact) mass is 416 g/mol. The van der Waals surface area contributed by atoms with Crippen molar-refractivity contribution >= 4 is 29.9 Å². The summed E-state index contributed by atoms with van der Waals surface area (Å²) in [6, 6.07) is 5.60. The molecular weight excluding hydrogens is 396 g/mol. The number of halogens is 4. The fourth-order valence-corrected chi connectivity index (χ4v) is 1.55. The van der Waals surface area contributed by atoms with Crippen LogP contribution in [0.3, 0.4) is 0 Å². The van der Waals surface area contributed by atoms with Crippen molar-refractivity contribution < 1.29 is 13.2 Å². The molecule has 1 heterocycles. The molecule has 0 saturated carbocycles. The van der Waals surface area contributed by atoms with Gasteiger partial charge in [-0.25, -0.2) is 0 Å². The molecule has 1 aromatic heterocycles. The Morgan fingerprint density at radius 1 is 1.24 bits per heavy atom. The molecule has 0 atom stereocenters. The van der Waals surface area contributed by atoms with Crippen LogP contribution in [-0.2, 0) is 6.54 Å². The lowest BCUT2D eigenvalue weighted by atomic mass is 10.2. The first-order chi connectivity index (χ1) is 9.51. The van der Waals surface area contributed by atoms with Gasteiger partial charge in [-0.05, 0) is 25.0 Å². The number of nitrogens with one attached hydrogen (secondary N) is 2. The van der Waals surface area contributed by atoms with Crippen molar-refractivity contribution in [2.75, 3.05) is 13.6 Å². The third-order valence-corrected chi connectivity index (χ3v) is 2.57. The number of nitrogens with zero attached hydrogens (tertiary/aromatic N) is 2. The zero-order valence-electron chi connectivity index (χ0n) is 11.8. The summed E-state index contributed by atoms with van der Waals surface area (Å²) >= 11 is 0. The first-order valence-corrected chi connectivity index (χ1v) is 6.42. The third kappa shape index (κ3) is 10.3. The molecule has 0 aliphatic carbocycles. The van der Waals surface area contributed by atoms with Crippen LogP contribution < -0.4 is 10.6 Å². The van der Waals surface area contributed by atoms with Gasteiger partial charge in [0.1, 0.15) is 0 Å². The van der Waals surface area contributed by atoms with Crippen molar-refractivity contribution in [3.05, 3.63) is 30.1 Å². The molecule has 0 aliphatic heterocycles. The Kier molecular flexibility index (Phi) is 10.1. The molecule has 0 saturated heterocycles. The zero-order chi connectivity index (χ0) is 14.8. The summed E-state index contributed by atoms with van der Waals surface area (Å²) in [5.41, 5.74) is 0.868. The van der Waals surface area contributed by atoms with Gasteiger partial charge in [0.2, 0.25) is 0 Å². The maximum absolute atomic E-state index is 12.0. The van der Waals surface area contributed by atoms with Crippen molar-refractivity contribution in [2.45, 2.75) is 32.0 Å². The number of alkyl halides is 3. The molecule has 0 unspecified atom stereocenters. The quantitative estimate of drug-likeness (QED) is 0.325. The number of hydrogen-bond donors (Lipinski definition) is 2. The first kappa shape index (κ1) is 19.9. The van der Waals surface area contributed by atoms with Gasteiger partial charge in [0.25, 0.3) is 0 Å². The second-order valence-corrected chi connectivity index (χ2v) is 4.25. The van der Waals surface area contributed by atoms with Gasteiger partial charge in [0, 0.05) is 26.2 Å². The molecule has 0 aromatic carbocycles. The number of aliphatic imine (C=N–C) groups is 1. The molecule has 21 heavy (non-hydrogen) atoms. The third-order valence-electron chi connectivity index (χ3n) is 2.57.